The van der Waals surface area contributed by atoms with Gasteiger partial charge in [0.05, 0.1) is 36.6 Å². The molecule has 3 saturated heterocycles. The van der Waals surface area contributed by atoms with Crippen molar-refractivity contribution >= 4 is 40.5 Å². The minimum absolute atomic E-state index is 0.0116. The molecule has 5 atom stereocenters. The number of fused-ring (bicyclic) bond motifs is 6. The highest BCUT2D eigenvalue weighted by Gasteiger charge is 2.40. The summed E-state index contributed by atoms with van der Waals surface area (Å²) in [5.74, 6) is 2.95. The first-order valence-electron chi connectivity index (χ1n) is 25.2. The summed E-state index contributed by atoms with van der Waals surface area (Å²) in [6, 6.07) is 12.5. The molecule has 2 aromatic carbocycles. The van der Waals surface area contributed by atoms with Crippen molar-refractivity contribution in [2.75, 3.05) is 54.0 Å². The van der Waals surface area contributed by atoms with Crippen molar-refractivity contribution in [3.8, 4) is 40.0 Å². The molecule has 0 aliphatic carbocycles. The van der Waals surface area contributed by atoms with Crippen molar-refractivity contribution in [3.05, 3.63) is 71.5 Å². The Labute approximate surface area is 417 Å². The van der Waals surface area contributed by atoms with Gasteiger partial charge in [-0.05, 0) is 130 Å². The van der Waals surface area contributed by atoms with Gasteiger partial charge in [0.1, 0.15) is 23.9 Å². The van der Waals surface area contributed by atoms with E-state index in [1.54, 1.807) is 37.4 Å². The highest BCUT2D eigenvalue weighted by molar-refractivity contribution is 5.97. The number of cyclic esters (lactones) is 1. The highest BCUT2D eigenvalue weighted by Crippen LogP contribution is 2.41. The predicted octanol–water partition coefficient (Wildman–Crippen LogP) is 5.32. The quantitative estimate of drug-likeness (QED) is 0.146. The van der Waals surface area contributed by atoms with Gasteiger partial charge < -0.3 is 34.3 Å². The number of pyridine rings is 1. The summed E-state index contributed by atoms with van der Waals surface area (Å²) < 4.78 is 14.0. The lowest BCUT2D eigenvalue weighted by Crippen LogP contribution is -2.62. The molecule has 6 heterocycles. The van der Waals surface area contributed by atoms with Gasteiger partial charge in [0.25, 0.3) is 11.8 Å². The molecule has 0 saturated carbocycles. The normalized spacial score (nSPS) is 22.2. The molecule has 1 unspecified atom stereocenters. The van der Waals surface area contributed by atoms with Crippen LogP contribution in [0.5, 0.6) is 5.75 Å². The summed E-state index contributed by atoms with van der Waals surface area (Å²) in [7, 11) is 5.25. The largest absolute Gasteiger partial charge is 0.508 e. The molecular weight excluding hydrogens is 901 g/mol. The van der Waals surface area contributed by atoms with Crippen LogP contribution in [0.3, 0.4) is 0 Å². The number of hydrazine groups is 1. The van der Waals surface area contributed by atoms with Crippen molar-refractivity contribution < 1.29 is 38.6 Å². The Hall–Kier alpha value is -6.28. The first kappa shape index (κ1) is 51.1. The number of aryl methyl sites for hydroxylation is 1. The topological polar surface area (TPSA) is 179 Å². The molecule has 8 rings (SSSR count). The number of aromatic hydroxyl groups is 1. The third-order valence-corrected chi connectivity index (χ3v) is 14.6. The number of carbonyl (C=O) groups is 5. The van der Waals surface area contributed by atoms with Crippen LogP contribution in [0.25, 0.3) is 33.3 Å². The molecule has 16 heteroatoms. The summed E-state index contributed by atoms with van der Waals surface area (Å²) >= 11 is 0. The SMILES string of the molecule is CCn1c(-c2cccnc2COC)c2c3cc(ccc31)-c1cc(O)cc(c1)C[C@H](NC(=O)C(C(C)C)N(C)C(=O)[C@H]1CCN(C(=O)C#C[C@@H]3CCCN3C)C1)C(=O)N1CCC[C@H](N1)C(=O)OCC(C)(C)C2. The molecule has 3 N–H and O–H groups in total. The Morgan fingerprint density at radius 1 is 1.04 bits per heavy atom. The minimum atomic E-state index is -1.17. The highest BCUT2D eigenvalue weighted by atomic mass is 16.5. The van der Waals surface area contributed by atoms with Gasteiger partial charge in [-0.1, -0.05) is 45.7 Å². The summed E-state index contributed by atoms with van der Waals surface area (Å²) in [5, 5.41) is 16.8. The molecule has 4 aliphatic heterocycles. The fourth-order valence-corrected chi connectivity index (χ4v) is 11.0. The maximum Gasteiger partial charge on any atom is 0.324 e. The maximum atomic E-state index is 14.8. The molecule has 4 aromatic rings. The summed E-state index contributed by atoms with van der Waals surface area (Å²) in [6.07, 6.45) is 5.64. The Morgan fingerprint density at radius 2 is 1.83 bits per heavy atom. The summed E-state index contributed by atoms with van der Waals surface area (Å²) in [6.45, 7) is 12.8. The number of carbonyl (C=O) groups excluding carboxylic acids is 5. The van der Waals surface area contributed by atoms with Crippen LogP contribution in [-0.2, 0) is 59.4 Å². The molecule has 71 heavy (non-hydrogen) atoms. The number of phenols is 1. The second-order valence-electron chi connectivity index (χ2n) is 20.9. The van der Waals surface area contributed by atoms with Crippen molar-refractivity contribution in [1.82, 2.24) is 40.0 Å². The van der Waals surface area contributed by atoms with Gasteiger partial charge in [-0.2, -0.15) is 0 Å². The van der Waals surface area contributed by atoms with E-state index >= 15 is 0 Å². The average molecular weight is 971 g/mol. The zero-order valence-electron chi connectivity index (χ0n) is 42.5. The van der Waals surface area contributed by atoms with E-state index in [9.17, 15) is 29.1 Å². The van der Waals surface area contributed by atoms with Gasteiger partial charge in [-0.25, -0.2) is 5.43 Å². The lowest BCUT2D eigenvalue weighted by molar-refractivity contribution is -0.155. The van der Waals surface area contributed by atoms with Crippen LogP contribution in [0.1, 0.15) is 83.5 Å². The number of nitrogens with zero attached hydrogens (tertiary/aromatic N) is 6. The molecule has 4 amide bonds. The Morgan fingerprint density at radius 3 is 2.56 bits per heavy atom. The Balaban J connectivity index is 1.13. The third-order valence-electron chi connectivity index (χ3n) is 14.6. The zero-order chi connectivity index (χ0) is 50.7. The number of hydrogen-bond donors (Lipinski definition) is 3. The van der Waals surface area contributed by atoms with Crippen molar-refractivity contribution in [1.29, 1.82) is 0 Å². The number of ether oxygens (including phenoxy) is 2. The molecule has 3 fully saturated rings. The number of nitrogens with one attached hydrogen (secondary N) is 2. The average Bonchev–Trinajstić information content (AvgIpc) is 4.09. The van der Waals surface area contributed by atoms with Crippen molar-refractivity contribution in [2.45, 2.75) is 117 Å². The van der Waals surface area contributed by atoms with E-state index in [0.29, 0.717) is 50.9 Å². The van der Waals surface area contributed by atoms with Crippen LogP contribution >= 0.6 is 0 Å². The van der Waals surface area contributed by atoms with Crippen LogP contribution in [-0.4, -0.2) is 142 Å². The fourth-order valence-electron chi connectivity index (χ4n) is 11.0. The van der Waals surface area contributed by atoms with E-state index in [4.69, 9.17) is 14.5 Å². The molecule has 378 valence electrons. The number of likely N-dealkylation sites (N-methyl/N-ethyl adjacent to an activating group) is 1. The molecule has 16 nitrogen and oxygen atoms in total. The monoisotopic (exact) mass is 971 g/mol. The number of hydrogen-bond acceptors (Lipinski definition) is 11. The van der Waals surface area contributed by atoms with Crippen molar-refractivity contribution in [3.63, 3.8) is 0 Å². The molecule has 4 aliphatic rings. The van der Waals surface area contributed by atoms with Crippen LogP contribution in [0, 0.1) is 29.1 Å². The van der Waals surface area contributed by atoms with Crippen LogP contribution in [0.2, 0.25) is 0 Å². The van der Waals surface area contributed by atoms with Gasteiger partial charge in [-0.3, -0.25) is 38.9 Å². The number of esters is 1. The Bertz CT molecular complexity index is 2740. The Kier molecular flexibility index (Phi) is 15.5. The lowest BCUT2D eigenvalue weighted by atomic mass is 9.84. The number of amides is 4. The molecular formula is C55H70N8O8. The van der Waals surface area contributed by atoms with Gasteiger partial charge in [0.15, 0.2) is 0 Å². The van der Waals surface area contributed by atoms with Gasteiger partial charge >= 0.3 is 5.97 Å². The second-order valence-corrected chi connectivity index (χ2v) is 20.9. The van der Waals surface area contributed by atoms with E-state index in [0.717, 1.165) is 63.9 Å². The zero-order valence-corrected chi connectivity index (χ0v) is 42.5. The summed E-state index contributed by atoms with van der Waals surface area (Å²) in [4.78, 5) is 80.7. The van der Waals surface area contributed by atoms with E-state index in [-0.39, 0.29) is 55.6 Å². The molecule has 0 spiro atoms. The predicted molar refractivity (Wildman–Crippen MR) is 270 cm³/mol. The number of benzene rings is 2. The van der Waals surface area contributed by atoms with Crippen LogP contribution in [0.4, 0.5) is 0 Å². The van der Waals surface area contributed by atoms with E-state index in [1.807, 2.05) is 39.1 Å². The van der Waals surface area contributed by atoms with E-state index < -0.39 is 47.2 Å². The number of rotatable bonds is 9. The van der Waals surface area contributed by atoms with Crippen molar-refractivity contribution in [2.24, 2.45) is 17.3 Å². The van der Waals surface area contributed by atoms with Gasteiger partial charge in [-0.15, -0.1) is 0 Å². The maximum absolute atomic E-state index is 14.8. The third kappa shape index (κ3) is 11.1. The lowest BCUT2D eigenvalue weighted by Gasteiger charge is -2.37. The minimum Gasteiger partial charge on any atom is -0.508 e. The number of likely N-dealkylation sites (tertiary alicyclic amines) is 2. The number of methoxy groups -OCH3 is 1. The van der Waals surface area contributed by atoms with E-state index in [2.05, 4.69) is 71.0 Å². The van der Waals surface area contributed by atoms with Crippen LogP contribution < -0.4 is 10.7 Å². The molecule has 0 radical (unpaired) electrons. The first-order valence-corrected chi connectivity index (χ1v) is 25.2. The van der Waals surface area contributed by atoms with Gasteiger partial charge in [0.2, 0.25) is 11.8 Å². The first-order chi connectivity index (χ1) is 34.0. The van der Waals surface area contributed by atoms with Crippen LogP contribution in [0.15, 0.2) is 54.7 Å². The number of aromatic nitrogens is 2. The van der Waals surface area contributed by atoms with E-state index in [1.165, 1.54) is 9.91 Å². The second kappa shape index (κ2) is 21.6. The fraction of sp³-hybridized carbons (Fsp3) is 0.527. The van der Waals surface area contributed by atoms with Gasteiger partial charge in [0, 0.05) is 74.8 Å². The number of phenolic OH excluding ortho intramolecular Hbond substituents is 1. The smallest absolute Gasteiger partial charge is 0.324 e. The molecule has 2 aromatic heterocycles. The molecule has 6 bridgehead atoms. The summed E-state index contributed by atoms with van der Waals surface area (Å²) in [5.41, 5.74) is 9.55. The standard InChI is InChI=1S/C55H70N8O8/c1-9-62-47-18-16-36-29-42(47)43(50(62)41-14-10-21-56-46(41)32-70-8)30-55(4,5)33-71-54(69)44-15-12-23-63(58-44)53(68)45(27-35-25-38(36)28-40(64)26-35)57-51(66)49(34(2)3)60(7)52(67)37-20-24-61(31-37)48(65)19-17-39-13-11-22-59(39)6/h10,14,16,18,21,25-26,28-29,34,37,39,44-45,49,58,64H,9,11-13,15,20,22-24,27,30-33H2,1-8H3,(H,57,66)/t37-,39-,44-,45-,49?/m0/s1.